The molecule has 0 saturated heterocycles. The summed E-state index contributed by atoms with van der Waals surface area (Å²) < 4.78 is 0. The number of carbonyl (C=O) groups is 2. The molecule has 0 unspecified atom stereocenters. The summed E-state index contributed by atoms with van der Waals surface area (Å²) >= 11 is 1.53. The molecule has 0 bridgehead atoms. The molecule has 1 atom stereocenters. The van der Waals surface area contributed by atoms with E-state index in [0.717, 1.165) is 17.1 Å². The maximum absolute atomic E-state index is 11.8. The molecule has 1 aromatic rings. The zero-order chi connectivity index (χ0) is 15.8. The zero-order valence-corrected chi connectivity index (χ0v) is 13.8. The maximum atomic E-state index is 11.8. The van der Waals surface area contributed by atoms with Gasteiger partial charge in [0.25, 0.3) is 0 Å². The number of aryl methyl sites for hydroxylation is 1. The highest BCUT2D eigenvalue weighted by Crippen LogP contribution is 2.20. The van der Waals surface area contributed by atoms with Gasteiger partial charge in [0.1, 0.15) is 5.01 Å². The van der Waals surface area contributed by atoms with E-state index < -0.39 is 0 Å². The van der Waals surface area contributed by atoms with Crippen molar-refractivity contribution in [2.75, 3.05) is 13.1 Å². The molecule has 1 rings (SSSR count). The van der Waals surface area contributed by atoms with Crippen molar-refractivity contribution >= 4 is 23.3 Å². The summed E-state index contributed by atoms with van der Waals surface area (Å²) in [4.78, 5) is 27.7. The lowest BCUT2D eigenvalue weighted by Gasteiger charge is -2.15. The van der Waals surface area contributed by atoms with Gasteiger partial charge in [0.15, 0.2) is 0 Å². The normalized spacial score (nSPS) is 12.0. The van der Waals surface area contributed by atoms with Crippen molar-refractivity contribution < 1.29 is 9.59 Å². The summed E-state index contributed by atoms with van der Waals surface area (Å²) in [5.74, 6) is 0.206. The molecule has 0 fully saturated rings. The van der Waals surface area contributed by atoms with Crippen LogP contribution in [0.5, 0.6) is 0 Å². The number of carbonyl (C=O) groups excluding carboxylic acids is 2. The number of hydrogen-bond acceptors (Lipinski definition) is 4. The fraction of sp³-hybridized carbons (Fsp3) is 0.643. The van der Waals surface area contributed by atoms with Gasteiger partial charge in [-0.25, -0.2) is 9.78 Å². The van der Waals surface area contributed by atoms with Crippen LogP contribution in [0.1, 0.15) is 43.9 Å². The van der Waals surface area contributed by atoms with Gasteiger partial charge >= 0.3 is 6.03 Å². The van der Waals surface area contributed by atoms with Gasteiger partial charge in [-0.3, -0.25) is 4.79 Å². The first-order chi connectivity index (χ1) is 9.92. The third-order valence-corrected chi connectivity index (χ3v) is 3.84. The number of rotatable bonds is 7. The second-order valence-electron chi connectivity index (χ2n) is 5.31. The van der Waals surface area contributed by atoms with E-state index in [1.807, 2.05) is 33.1 Å². The standard InChI is InChI=1S/C14H24N4O2S/c1-5-11(13-17-10(4)8-21-13)18-14(20)16-7-12(19)15-6-9(2)3/h8-9,11H,5-7H2,1-4H3,(H,15,19)(H2,16,18,20)/t11-/m1/s1. The quantitative estimate of drug-likeness (QED) is 0.720. The van der Waals surface area contributed by atoms with Crippen LogP contribution in [0.3, 0.4) is 0 Å². The zero-order valence-electron chi connectivity index (χ0n) is 13.0. The van der Waals surface area contributed by atoms with Gasteiger partial charge in [-0.05, 0) is 19.3 Å². The third-order valence-electron chi connectivity index (χ3n) is 2.77. The fourth-order valence-corrected chi connectivity index (χ4v) is 2.55. The van der Waals surface area contributed by atoms with Crippen molar-refractivity contribution in [2.24, 2.45) is 5.92 Å². The molecule has 3 N–H and O–H groups in total. The molecule has 0 radical (unpaired) electrons. The van der Waals surface area contributed by atoms with E-state index in [4.69, 9.17) is 0 Å². The van der Waals surface area contributed by atoms with Crippen LogP contribution in [0.25, 0.3) is 0 Å². The predicted molar refractivity (Wildman–Crippen MR) is 84.3 cm³/mol. The van der Waals surface area contributed by atoms with Crippen molar-refractivity contribution in [1.29, 1.82) is 0 Å². The maximum Gasteiger partial charge on any atom is 0.315 e. The molecule has 1 aromatic heterocycles. The third kappa shape index (κ3) is 6.57. The van der Waals surface area contributed by atoms with E-state index in [0.29, 0.717) is 12.5 Å². The SMILES string of the molecule is CC[C@@H](NC(=O)NCC(=O)NCC(C)C)c1nc(C)cs1. The molecule has 6 nitrogen and oxygen atoms in total. The average Bonchev–Trinajstić information content (AvgIpc) is 2.86. The summed E-state index contributed by atoms with van der Waals surface area (Å²) in [7, 11) is 0. The number of nitrogens with zero attached hydrogens (tertiary/aromatic N) is 1. The van der Waals surface area contributed by atoms with E-state index in [1.54, 1.807) is 0 Å². The van der Waals surface area contributed by atoms with Crippen LogP contribution < -0.4 is 16.0 Å². The number of thiazole rings is 1. The minimum atomic E-state index is -0.352. The summed E-state index contributed by atoms with van der Waals surface area (Å²) in [5, 5.41) is 11.0. The highest BCUT2D eigenvalue weighted by molar-refractivity contribution is 7.09. The first kappa shape index (κ1) is 17.4. The molecule has 3 amide bonds. The smallest absolute Gasteiger partial charge is 0.315 e. The van der Waals surface area contributed by atoms with Crippen LogP contribution in [-0.4, -0.2) is 30.0 Å². The topological polar surface area (TPSA) is 83.1 Å². The highest BCUT2D eigenvalue weighted by atomic mass is 32.1. The second-order valence-corrected chi connectivity index (χ2v) is 6.20. The van der Waals surface area contributed by atoms with Crippen molar-refractivity contribution in [1.82, 2.24) is 20.9 Å². The molecule has 0 aliphatic heterocycles. The summed E-state index contributed by atoms with van der Waals surface area (Å²) in [6, 6.07) is -0.475. The molecular weight excluding hydrogens is 288 g/mol. The summed E-state index contributed by atoms with van der Waals surface area (Å²) in [6.07, 6.45) is 0.750. The number of urea groups is 1. The lowest BCUT2D eigenvalue weighted by Crippen LogP contribution is -2.43. The largest absolute Gasteiger partial charge is 0.354 e. The van der Waals surface area contributed by atoms with E-state index in [1.165, 1.54) is 11.3 Å². The monoisotopic (exact) mass is 312 g/mol. The molecule has 118 valence electrons. The van der Waals surface area contributed by atoms with Crippen LogP contribution in [0.15, 0.2) is 5.38 Å². The molecule has 7 heteroatoms. The average molecular weight is 312 g/mol. The van der Waals surface area contributed by atoms with Crippen LogP contribution >= 0.6 is 11.3 Å². The fourth-order valence-electron chi connectivity index (χ4n) is 1.62. The molecule has 1 heterocycles. The Balaban J connectivity index is 2.36. The van der Waals surface area contributed by atoms with E-state index in [-0.39, 0.29) is 24.5 Å². The van der Waals surface area contributed by atoms with Gasteiger partial charge in [0, 0.05) is 17.6 Å². The highest BCUT2D eigenvalue weighted by Gasteiger charge is 2.16. The lowest BCUT2D eigenvalue weighted by atomic mass is 10.2. The lowest BCUT2D eigenvalue weighted by molar-refractivity contribution is -0.120. The van der Waals surface area contributed by atoms with Crippen molar-refractivity contribution in [3.63, 3.8) is 0 Å². The van der Waals surface area contributed by atoms with Gasteiger partial charge in [-0.2, -0.15) is 0 Å². The molecule has 0 aromatic carbocycles. The van der Waals surface area contributed by atoms with Crippen molar-refractivity contribution in [2.45, 2.75) is 40.2 Å². The van der Waals surface area contributed by atoms with Gasteiger partial charge in [0.2, 0.25) is 5.91 Å². The van der Waals surface area contributed by atoms with E-state index >= 15 is 0 Å². The Morgan fingerprint density at radius 2 is 2.05 bits per heavy atom. The molecule has 0 aliphatic carbocycles. The van der Waals surface area contributed by atoms with Crippen LogP contribution in [0.4, 0.5) is 4.79 Å². The number of nitrogens with one attached hydrogen (secondary N) is 3. The van der Waals surface area contributed by atoms with Gasteiger partial charge in [0.05, 0.1) is 12.6 Å². The molecule has 0 aliphatic rings. The molecule has 0 saturated carbocycles. The number of aromatic nitrogens is 1. The van der Waals surface area contributed by atoms with Crippen LogP contribution in [0.2, 0.25) is 0 Å². The van der Waals surface area contributed by atoms with E-state index in [9.17, 15) is 9.59 Å². The van der Waals surface area contributed by atoms with Crippen molar-refractivity contribution in [3.8, 4) is 0 Å². The molecule has 0 spiro atoms. The Labute approximate surface area is 129 Å². The van der Waals surface area contributed by atoms with Gasteiger partial charge in [-0.1, -0.05) is 20.8 Å². The summed E-state index contributed by atoms with van der Waals surface area (Å²) in [5.41, 5.74) is 0.948. The minimum absolute atomic E-state index is 0.0219. The minimum Gasteiger partial charge on any atom is -0.354 e. The van der Waals surface area contributed by atoms with Gasteiger partial charge in [-0.15, -0.1) is 11.3 Å². The molecular formula is C14H24N4O2S. The summed E-state index contributed by atoms with van der Waals surface area (Å²) in [6.45, 7) is 8.53. The van der Waals surface area contributed by atoms with Crippen LogP contribution in [-0.2, 0) is 4.79 Å². The Hall–Kier alpha value is -1.63. The van der Waals surface area contributed by atoms with Crippen LogP contribution in [0, 0.1) is 12.8 Å². The second kappa shape index (κ2) is 8.61. The first-order valence-electron chi connectivity index (χ1n) is 7.15. The van der Waals surface area contributed by atoms with Crippen molar-refractivity contribution in [3.05, 3.63) is 16.1 Å². The Bertz CT molecular complexity index is 473. The number of hydrogen-bond donors (Lipinski definition) is 3. The first-order valence-corrected chi connectivity index (χ1v) is 8.03. The van der Waals surface area contributed by atoms with Gasteiger partial charge < -0.3 is 16.0 Å². The Morgan fingerprint density at radius 3 is 2.57 bits per heavy atom. The van der Waals surface area contributed by atoms with E-state index in [2.05, 4.69) is 20.9 Å². The Morgan fingerprint density at radius 1 is 1.33 bits per heavy atom. The Kier molecular flexibility index (Phi) is 7.14. The number of amides is 3. The molecule has 21 heavy (non-hydrogen) atoms. The predicted octanol–water partition coefficient (Wildman–Crippen LogP) is 1.97.